The molecule has 0 aliphatic carbocycles. The van der Waals surface area contributed by atoms with Crippen LogP contribution in [0.5, 0.6) is 0 Å². The molecule has 1 aliphatic heterocycles. The standard InChI is InChI=1S/C11H15N5O3S/c1-14-9-5-12-7-13-10(9)16(11(14)17)8-3-4-15(6-8)20(2,18)19/h5,7-8H,3-4,6H2,1-2H3. The van der Waals surface area contributed by atoms with E-state index in [1.165, 1.54) is 21.5 Å². The van der Waals surface area contributed by atoms with Gasteiger partial charge in [-0.3, -0.25) is 9.13 Å². The number of aromatic nitrogens is 4. The lowest BCUT2D eigenvalue weighted by molar-refractivity contribution is 0.453. The summed E-state index contributed by atoms with van der Waals surface area (Å²) in [5.74, 6) is 0. The van der Waals surface area contributed by atoms with Crippen molar-refractivity contribution in [3.63, 3.8) is 0 Å². The molecule has 0 amide bonds. The molecule has 0 radical (unpaired) electrons. The number of imidazole rings is 1. The van der Waals surface area contributed by atoms with E-state index in [0.29, 0.717) is 30.7 Å². The number of hydrogen-bond acceptors (Lipinski definition) is 5. The number of nitrogens with zero attached hydrogens (tertiary/aromatic N) is 5. The average molecular weight is 297 g/mol. The van der Waals surface area contributed by atoms with Crippen LogP contribution in [0.1, 0.15) is 12.5 Å². The van der Waals surface area contributed by atoms with E-state index in [-0.39, 0.29) is 11.7 Å². The molecule has 9 heteroatoms. The number of rotatable bonds is 2. The third-order valence-corrected chi connectivity index (χ3v) is 4.99. The lowest BCUT2D eigenvalue weighted by atomic mass is 10.2. The van der Waals surface area contributed by atoms with Crippen LogP contribution in [0.2, 0.25) is 0 Å². The van der Waals surface area contributed by atoms with Gasteiger partial charge in [0.2, 0.25) is 10.0 Å². The lowest BCUT2D eigenvalue weighted by Gasteiger charge is -2.13. The molecule has 0 bridgehead atoms. The Morgan fingerprint density at radius 3 is 2.80 bits per heavy atom. The molecule has 3 rings (SSSR count). The largest absolute Gasteiger partial charge is 0.330 e. The summed E-state index contributed by atoms with van der Waals surface area (Å²) in [6.45, 7) is 0.735. The number of sulfonamides is 1. The van der Waals surface area contributed by atoms with E-state index in [4.69, 9.17) is 0 Å². The van der Waals surface area contributed by atoms with Gasteiger partial charge in [0.05, 0.1) is 18.5 Å². The van der Waals surface area contributed by atoms with Crippen molar-refractivity contribution in [1.29, 1.82) is 0 Å². The van der Waals surface area contributed by atoms with Gasteiger partial charge in [0, 0.05) is 20.1 Å². The number of fused-ring (bicyclic) bond motifs is 1. The van der Waals surface area contributed by atoms with Crippen molar-refractivity contribution < 1.29 is 8.42 Å². The highest BCUT2D eigenvalue weighted by molar-refractivity contribution is 7.88. The van der Waals surface area contributed by atoms with Crippen molar-refractivity contribution in [2.24, 2.45) is 7.05 Å². The van der Waals surface area contributed by atoms with Crippen molar-refractivity contribution >= 4 is 21.2 Å². The van der Waals surface area contributed by atoms with Gasteiger partial charge in [-0.2, -0.15) is 0 Å². The first kappa shape index (κ1) is 13.3. The van der Waals surface area contributed by atoms with E-state index in [1.807, 2.05) is 0 Å². The maximum absolute atomic E-state index is 12.3. The Balaban J connectivity index is 2.09. The zero-order valence-corrected chi connectivity index (χ0v) is 12.0. The predicted molar refractivity (Wildman–Crippen MR) is 72.8 cm³/mol. The van der Waals surface area contributed by atoms with Crippen molar-refractivity contribution in [3.05, 3.63) is 23.0 Å². The molecule has 2 aromatic rings. The fourth-order valence-corrected chi connectivity index (χ4v) is 3.52. The van der Waals surface area contributed by atoms with E-state index in [1.54, 1.807) is 17.8 Å². The molecule has 1 saturated heterocycles. The molecule has 1 atom stereocenters. The van der Waals surface area contributed by atoms with Crippen molar-refractivity contribution in [2.75, 3.05) is 19.3 Å². The molecule has 8 nitrogen and oxygen atoms in total. The Labute approximate surface area is 115 Å². The first-order chi connectivity index (χ1) is 9.39. The van der Waals surface area contributed by atoms with Crippen LogP contribution in [-0.2, 0) is 17.1 Å². The predicted octanol–water partition coefficient (Wildman–Crippen LogP) is -0.664. The summed E-state index contributed by atoms with van der Waals surface area (Å²) in [5.41, 5.74) is 1.00. The first-order valence-corrected chi connectivity index (χ1v) is 8.06. The van der Waals surface area contributed by atoms with Crippen LogP contribution in [0.4, 0.5) is 0 Å². The van der Waals surface area contributed by atoms with Crippen LogP contribution in [-0.4, -0.2) is 51.2 Å². The molecule has 2 aromatic heterocycles. The number of hydrogen-bond donors (Lipinski definition) is 0. The van der Waals surface area contributed by atoms with Gasteiger partial charge in [-0.1, -0.05) is 0 Å². The summed E-state index contributed by atoms with van der Waals surface area (Å²) in [6, 6.07) is -0.184. The number of aryl methyl sites for hydroxylation is 1. The molecule has 3 heterocycles. The maximum atomic E-state index is 12.3. The van der Waals surface area contributed by atoms with Gasteiger partial charge in [0.1, 0.15) is 11.8 Å². The lowest BCUT2D eigenvalue weighted by Crippen LogP contribution is -2.31. The van der Waals surface area contributed by atoms with Crippen LogP contribution in [0.25, 0.3) is 11.2 Å². The van der Waals surface area contributed by atoms with Crippen LogP contribution in [0.15, 0.2) is 17.3 Å². The third-order valence-electron chi connectivity index (χ3n) is 3.72. The van der Waals surface area contributed by atoms with E-state index < -0.39 is 10.0 Å². The summed E-state index contributed by atoms with van der Waals surface area (Å²) < 4.78 is 27.6. The zero-order chi connectivity index (χ0) is 14.5. The Morgan fingerprint density at radius 2 is 2.15 bits per heavy atom. The normalized spacial score (nSPS) is 20.8. The van der Waals surface area contributed by atoms with Gasteiger partial charge < -0.3 is 0 Å². The molecule has 1 fully saturated rings. The molecule has 20 heavy (non-hydrogen) atoms. The smallest absolute Gasteiger partial charge is 0.292 e. The molecular weight excluding hydrogens is 282 g/mol. The zero-order valence-electron chi connectivity index (χ0n) is 11.2. The highest BCUT2D eigenvalue weighted by atomic mass is 32.2. The molecule has 0 N–H and O–H groups in total. The summed E-state index contributed by atoms with van der Waals surface area (Å²) in [5, 5.41) is 0. The van der Waals surface area contributed by atoms with Crippen LogP contribution in [0.3, 0.4) is 0 Å². The van der Waals surface area contributed by atoms with Crippen molar-refractivity contribution in [1.82, 2.24) is 23.4 Å². The highest BCUT2D eigenvalue weighted by Gasteiger charge is 2.32. The average Bonchev–Trinajstić information content (AvgIpc) is 2.95. The molecule has 0 spiro atoms. The van der Waals surface area contributed by atoms with Gasteiger partial charge in [-0.05, 0) is 6.42 Å². The first-order valence-electron chi connectivity index (χ1n) is 6.21. The monoisotopic (exact) mass is 297 g/mol. The molecule has 108 valence electrons. The van der Waals surface area contributed by atoms with Crippen LogP contribution < -0.4 is 5.69 Å². The SMILES string of the molecule is Cn1c(=O)n(C2CCN(S(C)(=O)=O)C2)c2ncncc21. The Bertz CT molecular complexity index is 822. The Morgan fingerprint density at radius 1 is 1.40 bits per heavy atom. The summed E-state index contributed by atoms with van der Waals surface area (Å²) >= 11 is 0. The second kappa shape index (κ2) is 4.38. The fraction of sp³-hybridized carbons (Fsp3) is 0.545. The minimum Gasteiger partial charge on any atom is -0.292 e. The summed E-state index contributed by atoms with van der Waals surface area (Å²) in [4.78, 5) is 20.4. The molecule has 1 aliphatic rings. The minimum atomic E-state index is -3.22. The quantitative estimate of drug-likeness (QED) is 0.734. The maximum Gasteiger partial charge on any atom is 0.330 e. The van der Waals surface area contributed by atoms with Crippen molar-refractivity contribution in [2.45, 2.75) is 12.5 Å². The second-order valence-electron chi connectivity index (χ2n) is 5.01. The van der Waals surface area contributed by atoms with Gasteiger partial charge in [0.15, 0.2) is 5.65 Å². The van der Waals surface area contributed by atoms with Crippen LogP contribution in [0, 0.1) is 0 Å². The third kappa shape index (κ3) is 1.93. The van der Waals surface area contributed by atoms with Gasteiger partial charge >= 0.3 is 5.69 Å². The van der Waals surface area contributed by atoms with Gasteiger partial charge in [-0.25, -0.2) is 27.5 Å². The topological polar surface area (TPSA) is 90.1 Å². The molecule has 0 saturated carbocycles. The second-order valence-corrected chi connectivity index (χ2v) is 6.99. The van der Waals surface area contributed by atoms with E-state index in [9.17, 15) is 13.2 Å². The molecular formula is C11H15N5O3S. The minimum absolute atomic E-state index is 0.184. The van der Waals surface area contributed by atoms with Gasteiger partial charge in [-0.15, -0.1) is 0 Å². The molecule has 1 unspecified atom stereocenters. The Kier molecular flexibility index (Phi) is 2.91. The van der Waals surface area contributed by atoms with Crippen LogP contribution >= 0.6 is 0 Å². The van der Waals surface area contributed by atoms with E-state index in [0.717, 1.165) is 0 Å². The van der Waals surface area contributed by atoms with E-state index >= 15 is 0 Å². The van der Waals surface area contributed by atoms with Gasteiger partial charge in [0.25, 0.3) is 0 Å². The highest BCUT2D eigenvalue weighted by Crippen LogP contribution is 2.24. The summed E-state index contributed by atoms with van der Waals surface area (Å²) in [6.07, 6.45) is 4.77. The molecule has 0 aromatic carbocycles. The van der Waals surface area contributed by atoms with Crippen molar-refractivity contribution in [3.8, 4) is 0 Å². The summed E-state index contributed by atoms with van der Waals surface area (Å²) in [7, 11) is -1.56. The fourth-order valence-electron chi connectivity index (χ4n) is 2.65. The van der Waals surface area contributed by atoms with E-state index in [2.05, 4.69) is 9.97 Å². The Hall–Kier alpha value is -1.74.